The standard InChI is InChI=1S/C13H8Cl2N4O4S/c1-24(21,22)23-11-8(9-7(15)4-6(14)5-18-9)13(20)19-12-10(11)16-2-3-17-12/h2-5H,1H3,(H,17,19,20). The molecule has 0 aliphatic heterocycles. The van der Waals surface area contributed by atoms with Crippen molar-refractivity contribution in [3.8, 4) is 17.0 Å². The van der Waals surface area contributed by atoms with Gasteiger partial charge in [-0.25, -0.2) is 9.97 Å². The molecular weight excluding hydrogens is 379 g/mol. The summed E-state index contributed by atoms with van der Waals surface area (Å²) >= 11 is 11.9. The lowest BCUT2D eigenvalue weighted by Crippen LogP contribution is -2.16. The molecule has 0 aliphatic carbocycles. The minimum atomic E-state index is -3.95. The molecule has 11 heteroatoms. The van der Waals surface area contributed by atoms with Crippen molar-refractivity contribution in [3.63, 3.8) is 0 Å². The summed E-state index contributed by atoms with van der Waals surface area (Å²) in [6, 6.07) is 1.37. The van der Waals surface area contributed by atoms with Gasteiger partial charge in [0.2, 0.25) is 0 Å². The zero-order chi connectivity index (χ0) is 17.5. The van der Waals surface area contributed by atoms with Crippen molar-refractivity contribution in [1.82, 2.24) is 19.9 Å². The van der Waals surface area contributed by atoms with E-state index < -0.39 is 15.7 Å². The summed E-state index contributed by atoms with van der Waals surface area (Å²) in [7, 11) is -3.95. The van der Waals surface area contributed by atoms with E-state index in [0.717, 1.165) is 6.26 Å². The highest BCUT2D eigenvalue weighted by Crippen LogP contribution is 2.35. The number of hydrogen-bond acceptors (Lipinski definition) is 7. The summed E-state index contributed by atoms with van der Waals surface area (Å²) in [6.45, 7) is 0. The Morgan fingerprint density at radius 3 is 2.54 bits per heavy atom. The van der Waals surface area contributed by atoms with Crippen LogP contribution in [0.5, 0.6) is 5.75 Å². The number of hydrogen-bond donors (Lipinski definition) is 1. The predicted molar refractivity (Wildman–Crippen MR) is 88.9 cm³/mol. The van der Waals surface area contributed by atoms with Crippen LogP contribution in [0.2, 0.25) is 10.0 Å². The fraction of sp³-hybridized carbons (Fsp3) is 0.0769. The number of nitrogens with zero attached hydrogens (tertiary/aromatic N) is 3. The summed E-state index contributed by atoms with van der Waals surface area (Å²) in [5.74, 6) is -0.305. The van der Waals surface area contributed by atoms with E-state index in [0.29, 0.717) is 0 Å². The van der Waals surface area contributed by atoms with Crippen molar-refractivity contribution in [2.24, 2.45) is 0 Å². The summed E-state index contributed by atoms with van der Waals surface area (Å²) in [6.07, 6.45) is 4.79. The largest absolute Gasteiger partial charge is 0.379 e. The summed E-state index contributed by atoms with van der Waals surface area (Å²) in [5, 5.41) is 0.306. The van der Waals surface area contributed by atoms with E-state index in [4.69, 9.17) is 27.4 Å². The molecule has 8 nitrogen and oxygen atoms in total. The molecule has 124 valence electrons. The number of halogens is 2. The maximum atomic E-state index is 12.4. The highest BCUT2D eigenvalue weighted by atomic mass is 35.5. The maximum absolute atomic E-state index is 12.4. The van der Waals surface area contributed by atoms with Crippen molar-refractivity contribution in [1.29, 1.82) is 0 Å². The van der Waals surface area contributed by atoms with Crippen LogP contribution in [-0.2, 0) is 10.1 Å². The first-order chi connectivity index (χ1) is 11.3. The lowest BCUT2D eigenvalue weighted by Gasteiger charge is -2.11. The number of fused-ring (bicyclic) bond motifs is 1. The van der Waals surface area contributed by atoms with Crippen molar-refractivity contribution in [2.75, 3.05) is 6.26 Å². The number of pyridine rings is 2. The first-order valence-corrected chi connectivity index (χ1v) is 8.91. The third kappa shape index (κ3) is 3.18. The Morgan fingerprint density at radius 2 is 1.88 bits per heavy atom. The Labute approximate surface area is 145 Å². The van der Waals surface area contributed by atoms with Crippen LogP contribution in [0.3, 0.4) is 0 Å². The molecule has 0 radical (unpaired) electrons. The van der Waals surface area contributed by atoms with Crippen LogP contribution in [-0.4, -0.2) is 34.6 Å². The van der Waals surface area contributed by atoms with Crippen LogP contribution in [0, 0.1) is 0 Å². The average Bonchev–Trinajstić information content (AvgIpc) is 2.47. The zero-order valence-electron chi connectivity index (χ0n) is 11.9. The highest BCUT2D eigenvalue weighted by molar-refractivity contribution is 7.86. The van der Waals surface area contributed by atoms with Crippen LogP contribution < -0.4 is 9.74 Å². The first kappa shape index (κ1) is 16.6. The van der Waals surface area contributed by atoms with Crippen LogP contribution in [0.25, 0.3) is 22.4 Å². The smallest absolute Gasteiger partial charge is 0.306 e. The Bertz CT molecular complexity index is 1110. The molecule has 0 atom stereocenters. The normalized spacial score (nSPS) is 11.6. The molecule has 3 heterocycles. The van der Waals surface area contributed by atoms with Gasteiger partial charge in [-0.15, -0.1) is 0 Å². The van der Waals surface area contributed by atoms with Crippen molar-refractivity contribution in [3.05, 3.63) is 45.1 Å². The zero-order valence-corrected chi connectivity index (χ0v) is 14.3. The van der Waals surface area contributed by atoms with Gasteiger partial charge in [0.15, 0.2) is 16.9 Å². The van der Waals surface area contributed by atoms with E-state index in [9.17, 15) is 13.2 Å². The molecule has 0 fully saturated rings. The molecule has 3 aromatic heterocycles. The molecule has 0 saturated carbocycles. The average molecular weight is 387 g/mol. The van der Waals surface area contributed by atoms with Crippen molar-refractivity contribution < 1.29 is 12.6 Å². The van der Waals surface area contributed by atoms with Crippen LogP contribution >= 0.6 is 23.2 Å². The second-order valence-electron chi connectivity index (χ2n) is 4.68. The van der Waals surface area contributed by atoms with Gasteiger partial charge < -0.3 is 9.17 Å². The van der Waals surface area contributed by atoms with Gasteiger partial charge in [-0.1, -0.05) is 23.2 Å². The number of aromatic nitrogens is 4. The summed E-state index contributed by atoms with van der Waals surface area (Å²) in [4.78, 5) is 26.9. The second-order valence-corrected chi connectivity index (χ2v) is 7.10. The van der Waals surface area contributed by atoms with E-state index >= 15 is 0 Å². The van der Waals surface area contributed by atoms with Crippen LogP contribution in [0.15, 0.2) is 29.5 Å². The van der Waals surface area contributed by atoms with Gasteiger partial charge >= 0.3 is 10.1 Å². The Balaban J connectivity index is 2.44. The molecule has 0 aromatic carbocycles. The van der Waals surface area contributed by atoms with Gasteiger partial charge in [-0.05, 0) is 6.07 Å². The van der Waals surface area contributed by atoms with Gasteiger partial charge in [0.25, 0.3) is 5.56 Å². The SMILES string of the molecule is CS(=O)(=O)Oc1c(-c2ncc(Cl)cc2Cl)c(=O)[nH]c2nccnc12. The van der Waals surface area contributed by atoms with E-state index in [1.54, 1.807) is 0 Å². The lowest BCUT2D eigenvalue weighted by molar-refractivity contribution is 0.495. The van der Waals surface area contributed by atoms with Gasteiger partial charge in [-0.3, -0.25) is 9.78 Å². The number of aromatic amines is 1. The first-order valence-electron chi connectivity index (χ1n) is 6.34. The molecular formula is C13H8Cl2N4O4S. The number of rotatable bonds is 3. The maximum Gasteiger partial charge on any atom is 0.306 e. The fourth-order valence-corrected chi connectivity index (χ4v) is 2.97. The van der Waals surface area contributed by atoms with Gasteiger partial charge in [0.1, 0.15) is 5.56 Å². The molecule has 3 aromatic rings. The third-order valence-electron chi connectivity index (χ3n) is 2.88. The molecule has 0 unspecified atom stereocenters. The van der Waals surface area contributed by atoms with Crippen LogP contribution in [0.4, 0.5) is 0 Å². The number of H-pyrrole nitrogens is 1. The molecule has 0 amide bonds. The van der Waals surface area contributed by atoms with Gasteiger partial charge in [0, 0.05) is 18.6 Å². The van der Waals surface area contributed by atoms with Gasteiger partial charge in [0.05, 0.1) is 22.0 Å². The molecule has 0 bridgehead atoms. The van der Waals surface area contributed by atoms with Crippen molar-refractivity contribution in [2.45, 2.75) is 0 Å². The number of nitrogens with one attached hydrogen (secondary N) is 1. The Hall–Kier alpha value is -2.23. The Morgan fingerprint density at radius 1 is 1.17 bits per heavy atom. The summed E-state index contributed by atoms with van der Waals surface area (Å²) in [5.41, 5.74) is -0.748. The third-order valence-corrected chi connectivity index (χ3v) is 3.84. The van der Waals surface area contributed by atoms with E-state index in [2.05, 4.69) is 19.9 Å². The predicted octanol–water partition coefficient (Wildman–Crippen LogP) is 2.03. The van der Waals surface area contributed by atoms with Crippen molar-refractivity contribution >= 4 is 44.5 Å². The quantitative estimate of drug-likeness (QED) is 0.684. The lowest BCUT2D eigenvalue weighted by atomic mass is 10.1. The molecule has 1 N–H and O–H groups in total. The van der Waals surface area contributed by atoms with E-state index in [1.807, 2.05) is 0 Å². The second kappa shape index (κ2) is 6.00. The minimum Gasteiger partial charge on any atom is -0.379 e. The summed E-state index contributed by atoms with van der Waals surface area (Å²) < 4.78 is 28.2. The monoisotopic (exact) mass is 386 g/mol. The van der Waals surface area contributed by atoms with E-state index in [1.165, 1.54) is 24.7 Å². The minimum absolute atomic E-state index is 0.00789. The van der Waals surface area contributed by atoms with Gasteiger partial charge in [-0.2, -0.15) is 8.42 Å². The molecule has 3 rings (SSSR count). The fourth-order valence-electron chi connectivity index (χ4n) is 2.03. The topological polar surface area (TPSA) is 115 Å². The molecule has 0 aliphatic rings. The molecule has 0 spiro atoms. The van der Waals surface area contributed by atoms with E-state index in [-0.39, 0.29) is 38.2 Å². The molecule has 24 heavy (non-hydrogen) atoms. The Kier molecular flexibility index (Phi) is 4.16. The highest BCUT2D eigenvalue weighted by Gasteiger charge is 2.23. The van der Waals surface area contributed by atoms with Crippen LogP contribution in [0.1, 0.15) is 0 Å². The molecule has 0 saturated heterocycles.